The summed E-state index contributed by atoms with van der Waals surface area (Å²) in [5, 5.41) is 20.5. The first-order chi connectivity index (χ1) is 8.74. The number of nitrogens with one attached hydrogen (secondary N) is 1. The van der Waals surface area contributed by atoms with Gasteiger partial charge in [0.2, 0.25) is 0 Å². The Hall–Kier alpha value is -1.67. The summed E-state index contributed by atoms with van der Waals surface area (Å²) in [4.78, 5) is 0. The summed E-state index contributed by atoms with van der Waals surface area (Å²) in [5.41, 5.74) is 6.15. The molecule has 0 spiro atoms. The number of hydrogen-bond acceptors (Lipinski definition) is 5. The molecule has 1 aromatic heterocycles. The van der Waals surface area contributed by atoms with Crippen LogP contribution in [-0.2, 0) is 6.54 Å². The second-order valence-corrected chi connectivity index (χ2v) is 5.01. The Morgan fingerprint density at radius 3 is 2.67 bits per heavy atom. The van der Waals surface area contributed by atoms with Crippen LogP contribution in [0.4, 0.5) is 5.82 Å². The molecule has 0 unspecified atom stereocenters. The van der Waals surface area contributed by atoms with Gasteiger partial charge in [0, 0.05) is 13.1 Å². The summed E-state index contributed by atoms with van der Waals surface area (Å²) >= 11 is 0. The monoisotopic (exact) mass is 245 g/mol. The third-order valence-corrected chi connectivity index (χ3v) is 3.56. The first-order valence-electron chi connectivity index (χ1n) is 6.44. The average molecular weight is 245 g/mol. The summed E-state index contributed by atoms with van der Waals surface area (Å²) in [5.74, 6) is 0.430. The van der Waals surface area contributed by atoms with Crippen molar-refractivity contribution in [3.8, 4) is 6.07 Å². The molecule has 1 heterocycles. The van der Waals surface area contributed by atoms with E-state index in [1.165, 1.54) is 6.42 Å². The van der Waals surface area contributed by atoms with Crippen LogP contribution < -0.4 is 11.1 Å². The zero-order chi connectivity index (χ0) is 12.8. The van der Waals surface area contributed by atoms with E-state index in [1.807, 2.05) is 6.07 Å². The van der Waals surface area contributed by atoms with E-state index < -0.39 is 0 Å². The van der Waals surface area contributed by atoms with Gasteiger partial charge in [-0.1, -0.05) is 19.3 Å². The highest BCUT2D eigenvalue weighted by atomic mass is 15.1. The van der Waals surface area contributed by atoms with Gasteiger partial charge in [-0.05, 0) is 25.0 Å². The predicted molar refractivity (Wildman–Crippen MR) is 69.3 cm³/mol. The molecule has 1 fully saturated rings. The zero-order valence-electron chi connectivity index (χ0n) is 10.5. The van der Waals surface area contributed by atoms with Crippen molar-refractivity contribution in [1.82, 2.24) is 15.5 Å². The first kappa shape index (κ1) is 12.8. The normalized spacial score (nSPS) is 18.2. The van der Waals surface area contributed by atoms with Crippen LogP contribution in [0, 0.1) is 16.7 Å². The van der Waals surface area contributed by atoms with E-state index in [2.05, 4.69) is 21.6 Å². The van der Waals surface area contributed by atoms with Crippen LogP contribution in [0.25, 0.3) is 0 Å². The molecule has 1 saturated carbocycles. The van der Waals surface area contributed by atoms with Crippen molar-refractivity contribution < 1.29 is 0 Å². The molecule has 1 aliphatic carbocycles. The highest BCUT2D eigenvalue weighted by Crippen LogP contribution is 2.34. The quantitative estimate of drug-likeness (QED) is 0.841. The van der Waals surface area contributed by atoms with Crippen LogP contribution in [0.5, 0.6) is 0 Å². The largest absolute Gasteiger partial charge is 0.382 e. The lowest BCUT2D eigenvalue weighted by atomic mass is 9.75. The van der Waals surface area contributed by atoms with Crippen molar-refractivity contribution in [3.05, 3.63) is 17.8 Å². The Kier molecular flexibility index (Phi) is 4.11. The number of anilines is 1. The first-order valence-corrected chi connectivity index (χ1v) is 6.44. The third kappa shape index (κ3) is 3.17. The van der Waals surface area contributed by atoms with E-state index in [4.69, 9.17) is 5.73 Å². The number of nitrogen functional groups attached to an aromatic ring is 1. The van der Waals surface area contributed by atoms with E-state index in [1.54, 1.807) is 6.07 Å². The molecule has 0 amide bonds. The number of nitriles is 1. The molecule has 1 aliphatic rings. The minimum atomic E-state index is -0.181. The van der Waals surface area contributed by atoms with Gasteiger partial charge in [0.1, 0.15) is 5.82 Å². The van der Waals surface area contributed by atoms with Gasteiger partial charge < -0.3 is 11.1 Å². The average Bonchev–Trinajstić information content (AvgIpc) is 2.42. The topological polar surface area (TPSA) is 87.6 Å². The van der Waals surface area contributed by atoms with Crippen LogP contribution >= 0.6 is 0 Å². The van der Waals surface area contributed by atoms with Crippen molar-refractivity contribution >= 4 is 5.82 Å². The molecule has 2 rings (SSSR count). The Morgan fingerprint density at radius 2 is 2.06 bits per heavy atom. The van der Waals surface area contributed by atoms with E-state index in [0.29, 0.717) is 12.4 Å². The molecular formula is C13H19N5. The van der Waals surface area contributed by atoms with Crippen molar-refractivity contribution in [2.75, 3.05) is 12.3 Å². The molecule has 0 atom stereocenters. The van der Waals surface area contributed by atoms with Gasteiger partial charge in [-0.25, -0.2) is 0 Å². The number of hydrogen-bond donors (Lipinski definition) is 2. The van der Waals surface area contributed by atoms with Crippen molar-refractivity contribution in [2.45, 2.75) is 38.6 Å². The van der Waals surface area contributed by atoms with Crippen molar-refractivity contribution in [2.24, 2.45) is 5.41 Å². The summed E-state index contributed by atoms with van der Waals surface area (Å²) < 4.78 is 0. The predicted octanol–water partition coefficient (Wildman–Crippen LogP) is 1.62. The molecule has 3 N–H and O–H groups in total. The third-order valence-electron chi connectivity index (χ3n) is 3.56. The Morgan fingerprint density at radius 1 is 1.28 bits per heavy atom. The summed E-state index contributed by atoms with van der Waals surface area (Å²) in [7, 11) is 0. The molecular weight excluding hydrogens is 226 g/mol. The van der Waals surface area contributed by atoms with Gasteiger partial charge in [-0.3, -0.25) is 0 Å². The summed E-state index contributed by atoms with van der Waals surface area (Å²) in [6.07, 6.45) is 5.59. The highest BCUT2D eigenvalue weighted by Gasteiger charge is 2.31. The van der Waals surface area contributed by atoms with E-state index in [-0.39, 0.29) is 5.41 Å². The van der Waals surface area contributed by atoms with Crippen LogP contribution in [0.2, 0.25) is 0 Å². The SMILES string of the molecule is N#CC1(CNCc2ccc(N)nn2)CCCCC1. The van der Waals surface area contributed by atoms with Crippen LogP contribution in [0.1, 0.15) is 37.8 Å². The molecule has 0 aliphatic heterocycles. The standard InChI is InChI=1S/C13H19N5/c14-9-13(6-2-1-3-7-13)10-16-8-11-4-5-12(15)18-17-11/h4-5,16H,1-3,6-8,10H2,(H2,15,18). The molecule has 96 valence electrons. The lowest BCUT2D eigenvalue weighted by Crippen LogP contribution is -2.34. The molecule has 0 radical (unpaired) electrons. The van der Waals surface area contributed by atoms with Crippen molar-refractivity contribution in [1.29, 1.82) is 5.26 Å². The Balaban J connectivity index is 1.84. The molecule has 0 bridgehead atoms. The maximum absolute atomic E-state index is 9.34. The minimum Gasteiger partial charge on any atom is -0.382 e. The van der Waals surface area contributed by atoms with Gasteiger partial charge in [0.25, 0.3) is 0 Å². The maximum atomic E-state index is 9.34. The van der Waals surface area contributed by atoms with Crippen LogP contribution in [0.3, 0.4) is 0 Å². The summed E-state index contributed by atoms with van der Waals surface area (Å²) in [6.45, 7) is 1.37. The Labute approximate surface area is 107 Å². The fraction of sp³-hybridized carbons (Fsp3) is 0.615. The van der Waals surface area contributed by atoms with E-state index >= 15 is 0 Å². The molecule has 0 aromatic carbocycles. The molecule has 5 heteroatoms. The zero-order valence-corrected chi connectivity index (χ0v) is 10.5. The maximum Gasteiger partial charge on any atom is 0.146 e. The smallest absolute Gasteiger partial charge is 0.146 e. The van der Waals surface area contributed by atoms with Gasteiger partial charge in [0.05, 0.1) is 17.2 Å². The van der Waals surface area contributed by atoms with Gasteiger partial charge in [0.15, 0.2) is 0 Å². The Bertz CT molecular complexity index is 414. The second kappa shape index (κ2) is 5.78. The number of aromatic nitrogens is 2. The fourth-order valence-corrected chi connectivity index (χ4v) is 2.45. The number of nitrogens with zero attached hydrogens (tertiary/aromatic N) is 3. The fourth-order valence-electron chi connectivity index (χ4n) is 2.45. The molecule has 18 heavy (non-hydrogen) atoms. The van der Waals surface area contributed by atoms with Crippen molar-refractivity contribution in [3.63, 3.8) is 0 Å². The van der Waals surface area contributed by atoms with Gasteiger partial charge in [-0.2, -0.15) is 10.4 Å². The van der Waals surface area contributed by atoms with Crippen LogP contribution in [-0.4, -0.2) is 16.7 Å². The lowest BCUT2D eigenvalue weighted by Gasteiger charge is -2.30. The van der Waals surface area contributed by atoms with E-state index in [9.17, 15) is 5.26 Å². The second-order valence-electron chi connectivity index (χ2n) is 5.01. The highest BCUT2D eigenvalue weighted by molar-refractivity contribution is 5.25. The van der Waals surface area contributed by atoms with Crippen LogP contribution in [0.15, 0.2) is 12.1 Å². The number of nitrogens with two attached hydrogens (primary N) is 1. The number of rotatable bonds is 4. The minimum absolute atomic E-state index is 0.181. The molecule has 1 aromatic rings. The van der Waals surface area contributed by atoms with Gasteiger partial charge in [-0.15, -0.1) is 5.10 Å². The summed E-state index contributed by atoms with van der Waals surface area (Å²) in [6, 6.07) is 6.09. The lowest BCUT2D eigenvalue weighted by molar-refractivity contribution is 0.255. The van der Waals surface area contributed by atoms with E-state index in [0.717, 1.165) is 37.9 Å². The molecule has 5 nitrogen and oxygen atoms in total. The molecule has 0 saturated heterocycles. The van der Waals surface area contributed by atoms with Gasteiger partial charge >= 0.3 is 0 Å².